The first-order chi connectivity index (χ1) is 12.7. The largest absolute Gasteiger partial charge is 0.435 e. The highest BCUT2D eigenvalue weighted by Gasteiger charge is 2.43. The molecule has 1 fully saturated rings. The summed E-state index contributed by atoms with van der Waals surface area (Å²) in [5, 5.41) is 0. The molecule has 27 heavy (non-hydrogen) atoms. The molecule has 1 aliphatic heterocycles. The Balaban J connectivity index is 2.10. The molecule has 0 spiro atoms. The van der Waals surface area contributed by atoms with Crippen LogP contribution >= 0.6 is 0 Å². The van der Waals surface area contributed by atoms with Gasteiger partial charge in [0.2, 0.25) is 6.29 Å². The van der Waals surface area contributed by atoms with Gasteiger partial charge in [-0.15, -0.1) is 0 Å². The van der Waals surface area contributed by atoms with Crippen molar-refractivity contribution in [2.24, 2.45) is 5.41 Å². The van der Waals surface area contributed by atoms with Crippen molar-refractivity contribution in [2.75, 3.05) is 13.2 Å². The standard InChI is InChI=1S/C19H24O7S/c1-4-15-8-10-16(11-9-15)27(22,23)25-13-19(3,14(2)20)18(21)26-17-7-5-6-12-24-17/h4,8-11,17H,1,5-7,12-13H2,2-3H3. The fourth-order valence-electron chi connectivity index (χ4n) is 2.39. The van der Waals surface area contributed by atoms with Crippen molar-refractivity contribution < 1.29 is 31.7 Å². The van der Waals surface area contributed by atoms with Crippen LogP contribution in [-0.2, 0) is 33.4 Å². The Bertz CT molecular complexity index is 792. The van der Waals surface area contributed by atoms with E-state index in [0.29, 0.717) is 13.0 Å². The molecule has 0 N–H and O–H groups in total. The summed E-state index contributed by atoms with van der Waals surface area (Å²) in [7, 11) is -4.14. The van der Waals surface area contributed by atoms with Gasteiger partial charge in [-0.2, -0.15) is 8.42 Å². The number of hydrogen-bond acceptors (Lipinski definition) is 7. The Kier molecular flexibility index (Phi) is 6.91. The van der Waals surface area contributed by atoms with Crippen LogP contribution in [0.4, 0.5) is 0 Å². The van der Waals surface area contributed by atoms with Crippen LogP contribution in [0.2, 0.25) is 0 Å². The Morgan fingerprint density at radius 2 is 1.96 bits per heavy atom. The lowest BCUT2D eigenvalue weighted by Gasteiger charge is -2.28. The monoisotopic (exact) mass is 396 g/mol. The minimum atomic E-state index is -4.14. The van der Waals surface area contributed by atoms with E-state index < -0.39 is 40.2 Å². The van der Waals surface area contributed by atoms with E-state index in [1.807, 2.05) is 0 Å². The molecule has 7 nitrogen and oxygen atoms in total. The summed E-state index contributed by atoms with van der Waals surface area (Å²) in [4.78, 5) is 24.5. The third-order valence-electron chi connectivity index (χ3n) is 4.51. The van der Waals surface area contributed by atoms with E-state index in [0.717, 1.165) is 18.4 Å². The van der Waals surface area contributed by atoms with E-state index >= 15 is 0 Å². The Hall–Kier alpha value is -2.03. The maximum absolute atomic E-state index is 12.5. The van der Waals surface area contributed by atoms with Crippen molar-refractivity contribution in [3.8, 4) is 0 Å². The van der Waals surface area contributed by atoms with E-state index in [9.17, 15) is 18.0 Å². The highest BCUT2D eigenvalue weighted by molar-refractivity contribution is 7.86. The summed E-state index contributed by atoms with van der Waals surface area (Å²) >= 11 is 0. The molecule has 2 unspecified atom stereocenters. The third kappa shape index (κ3) is 5.24. The molecule has 1 aromatic rings. The van der Waals surface area contributed by atoms with Crippen LogP contribution in [0.25, 0.3) is 6.08 Å². The van der Waals surface area contributed by atoms with Crippen LogP contribution in [0.15, 0.2) is 35.7 Å². The number of carbonyl (C=O) groups is 2. The van der Waals surface area contributed by atoms with Gasteiger partial charge in [0.25, 0.3) is 10.1 Å². The number of ether oxygens (including phenoxy) is 2. The van der Waals surface area contributed by atoms with Gasteiger partial charge in [0.15, 0.2) is 0 Å². The summed E-state index contributed by atoms with van der Waals surface area (Å²) in [5.41, 5.74) is -1.01. The molecular weight excluding hydrogens is 372 g/mol. The normalized spacial score (nSPS) is 19.7. The molecule has 1 saturated heterocycles. The van der Waals surface area contributed by atoms with Gasteiger partial charge >= 0.3 is 5.97 Å². The highest BCUT2D eigenvalue weighted by atomic mass is 32.2. The van der Waals surface area contributed by atoms with Gasteiger partial charge < -0.3 is 9.47 Å². The summed E-state index contributed by atoms with van der Waals surface area (Å²) in [6.07, 6.45) is 3.11. The summed E-state index contributed by atoms with van der Waals surface area (Å²) in [6, 6.07) is 5.88. The maximum atomic E-state index is 12.5. The van der Waals surface area contributed by atoms with Crippen LogP contribution in [0.5, 0.6) is 0 Å². The zero-order chi connectivity index (χ0) is 20.1. The lowest BCUT2D eigenvalue weighted by Crippen LogP contribution is -2.43. The first-order valence-corrected chi connectivity index (χ1v) is 10.1. The van der Waals surface area contributed by atoms with E-state index in [1.54, 1.807) is 18.2 Å². The molecule has 2 rings (SSSR count). The van der Waals surface area contributed by atoms with Gasteiger partial charge in [-0.3, -0.25) is 13.8 Å². The summed E-state index contributed by atoms with van der Waals surface area (Å²) < 4.78 is 40.4. The number of Topliss-reactive ketones (excluding diaryl/α,β-unsaturated/α-hetero) is 1. The van der Waals surface area contributed by atoms with Crippen molar-refractivity contribution in [1.82, 2.24) is 0 Å². The van der Waals surface area contributed by atoms with Crippen LogP contribution in [0.1, 0.15) is 38.7 Å². The molecule has 1 heterocycles. The van der Waals surface area contributed by atoms with Crippen molar-refractivity contribution in [3.05, 3.63) is 36.4 Å². The van der Waals surface area contributed by atoms with Crippen molar-refractivity contribution in [2.45, 2.75) is 44.3 Å². The lowest BCUT2D eigenvalue weighted by molar-refractivity contribution is -0.197. The average Bonchev–Trinajstić information content (AvgIpc) is 2.66. The Labute approximate surface area is 159 Å². The van der Waals surface area contributed by atoms with E-state index in [2.05, 4.69) is 6.58 Å². The smallest absolute Gasteiger partial charge is 0.324 e. The lowest BCUT2D eigenvalue weighted by atomic mass is 9.87. The molecule has 0 bridgehead atoms. The number of hydrogen-bond donors (Lipinski definition) is 0. The third-order valence-corrected chi connectivity index (χ3v) is 5.79. The van der Waals surface area contributed by atoms with Gasteiger partial charge in [0.1, 0.15) is 11.2 Å². The van der Waals surface area contributed by atoms with Gasteiger partial charge in [-0.05, 0) is 44.4 Å². The molecule has 8 heteroatoms. The number of benzene rings is 1. The Morgan fingerprint density at radius 3 is 2.48 bits per heavy atom. The minimum Gasteiger partial charge on any atom is -0.435 e. The quantitative estimate of drug-likeness (QED) is 0.379. The van der Waals surface area contributed by atoms with Crippen LogP contribution < -0.4 is 0 Å². The van der Waals surface area contributed by atoms with E-state index in [4.69, 9.17) is 13.7 Å². The van der Waals surface area contributed by atoms with Gasteiger partial charge in [0, 0.05) is 6.42 Å². The fourth-order valence-corrected chi connectivity index (χ4v) is 3.39. The number of esters is 1. The Morgan fingerprint density at radius 1 is 1.30 bits per heavy atom. The molecular formula is C19H24O7S. The van der Waals surface area contributed by atoms with E-state index in [-0.39, 0.29) is 4.90 Å². The molecule has 148 valence electrons. The first kappa shape index (κ1) is 21.3. The molecule has 0 radical (unpaired) electrons. The second-order valence-electron chi connectivity index (χ2n) is 6.58. The molecule has 1 aliphatic rings. The van der Waals surface area contributed by atoms with Gasteiger partial charge in [-0.25, -0.2) is 0 Å². The predicted octanol–water partition coefficient (Wildman–Crippen LogP) is 2.70. The van der Waals surface area contributed by atoms with Crippen molar-refractivity contribution in [1.29, 1.82) is 0 Å². The second kappa shape index (κ2) is 8.77. The van der Waals surface area contributed by atoms with Crippen LogP contribution in [0.3, 0.4) is 0 Å². The van der Waals surface area contributed by atoms with Crippen molar-refractivity contribution in [3.63, 3.8) is 0 Å². The zero-order valence-electron chi connectivity index (χ0n) is 15.5. The molecule has 0 aromatic heterocycles. The van der Waals surface area contributed by atoms with Crippen LogP contribution in [0, 0.1) is 5.41 Å². The number of carbonyl (C=O) groups excluding carboxylic acids is 2. The zero-order valence-corrected chi connectivity index (χ0v) is 16.3. The summed E-state index contributed by atoms with van der Waals surface area (Å²) in [5.74, 6) is -1.42. The molecule has 2 atom stereocenters. The SMILES string of the molecule is C=Cc1ccc(S(=O)(=O)OCC(C)(C(C)=O)C(=O)OC2CCCCO2)cc1. The van der Waals surface area contributed by atoms with Gasteiger partial charge in [-0.1, -0.05) is 24.8 Å². The molecule has 0 amide bonds. The first-order valence-electron chi connectivity index (χ1n) is 8.65. The number of ketones is 1. The van der Waals surface area contributed by atoms with Crippen molar-refractivity contribution >= 4 is 27.9 Å². The predicted molar refractivity (Wildman–Crippen MR) is 98.1 cm³/mol. The summed E-state index contributed by atoms with van der Waals surface area (Å²) in [6.45, 7) is 5.91. The fraction of sp³-hybridized carbons (Fsp3) is 0.474. The maximum Gasteiger partial charge on any atom is 0.324 e. The second-order valence-corrected chi connectivity index (χ2v) is 8.19. The highest BCUT2D eigenvalue weighted by Crippen LogP contribution is 2.26. The number of rotatable bonds is 8. The molecule has 1 aromatic carbocycles. The average molecular weight is 396 g/mol. The minimum absolute atomic E-state index is 0.0806. The topological polar surface area (TPSA) is 96.0 Å². The van der Waals surface area contributed by atoms with Crippen LogP contribution in [-0.4, -0.2) is 39.7 Å². The van der Waals surface area contributed by atoms with E-state index in [1.165, 1.54) is 26.0 Å². The van der Waals surface area contributed by atoms with Gasteiger partial charge in [0.05, 0.1) is 18.1 Å². The molecule has 0 aliphatic carbocycles. The molecule has 0 saturated carbocycles.